The molecule has 2 heterocycles. The van der Waals surface area contributed by atoms with E-state index in [-0.39, 0.29) is 17.8 Å². The van der Waals surface area contributed by atoms with E-state index in [1.165, 1.54) is 12.1 Å². The van der Waals surface area contributed by atoms with Crippen LogP contribution in [0.1, 0.15) is 35.2 Å². The Labute approximate surface area is 180 Å². The van der Waals surface area contributed by atoms with Crippen molar-refractivity contribution in [2.75, 3.05) is 19.7 Å². The van der Waals surface area contributed by atoms with Crippen molar-refractivity contribution in [2.24, 2.45) is 0 Å². The summed E-state index contributed by atoms with van der Waals surface area (Å²) in [4.78, 5) is 18.6. The molecule has 1 aliphatic heterocycles. The number of rotatable bonds is 7. The average Bonchev–Trinajstić information content (AvgIpc) is 3.43. The Hall–Kier alpha value is -3.42. The molecule has 8 heteroatoms. The first-order valence-electron chi connectivity index (χ1n) is 10.4. The van der Waals surface area contributed by atoms with Crippen molar-refractivity contribution < 1.29 is 18.4 Å². The van der Waals surface area contributed by atoms with Crippen molar-refractivity contribution in [1.29, 1.82) is 0 Å². The lowest BCUT2D eigenvalue weighted by Crippen LogP contribution is -2.37. The van der Waals surface area contributed by atoms with E-state index in [1.807, 2.05) is 31.2 Å². The lowest BCUT2D eigenvalue weighted by molar-refractivity contribution is 0.207. The molecule has 7 nitrogen and oxygen atoms in total. The SMILES string of the molecule is Cc1cccc(OCCc2noc(C3CCN(C(=O)NCc4ccc(F)cc4)C3)n2)c1. The van der Waals surface area contributed by atoms with E-state index in [0.29, 0.717) is 44.4 Å². The van der Waals surface area contributed by atoms with E-state index < -0.39 is 0 Å². The van der Waals surface area contributed by atoms with Gasteiger partial charge in [-0.1, -0.05) is 29.4 Å². The maximum Gasteiger partial charge on any atom is 0.317 e. The standard InChI is InChI=1S/C23H25FN4O3/c1-16-3-2-4-20(13-16)30-12-10-21-26-22(31-27-21)18-9-11-28(15-18)23(29)25-14-17-5-7-19(24)8-6-17/h2-8,13,18H,9-12,14-15H2,1H3,(H,25,29). The van der Waals surface area contributed by atoms with Crippen LogP contribution in [0.5, 0.6) is 5.75 Å². The van der Waals surface area contributed by atoms with E-state index in [2.05, 4.69) is 15.5 Å². The number of aryl methyl sites for hydroxylation is 1. The van der Waals surface area contributed by atoms with Crippen LogP contribution in [0.2, 0.25) is 0 Å². The number of amides is 2. The minimum atomic E-state index is -0.293. The van der Waals surface area contributed by atoms with Crippen LogP contribution in [0.3, 0.4) is 0 Å². The lowest BCUT2D eigenvalue weighted by atomic mass is 10.1. The molecule has 1 aliphatic rings. The van der Waals surface area contributed by atoms with Gasteiger partial charge in [0.05, 0.1) is 12.5 Å². The van der Waals surface area contributed by atoms with Gasteiger partial charge in [-0.3, -0.25) is 0 Å². The van der Waals surface area contributed by atoms with Crippen LogP contribution in [0.15, 0.2) is 53.1 Å². The molecule has 2 amide bonds. The third kappa shape index (κ3) is 5.59. The van der Waals surface area contributed by atoms with E-state index in [9.17, 15) is 9.18 Å². The molecule has 1 unspecified atom stereocenters. The predicted molar refractivity (Wildman–Crippen MR) is 112 cm³/mol. The van der Waals surface area contributed by atoms with Gasteiger partial charge in [0, 0.05) is 26.1 Å². The van der Waals surface area contributed by atoms with Gasteiger partial charge in [-0.25, -0.2) is 9.18 Å². The van der Waals surface area contributed by atoms with Gasteiger partial charge in [-0.05, 0) is 48.7 Å². The molecular formula is C23H25FN4O3. The molecule has 1 fully saturated rings. The molecule has 31 heavy (non-hydrogen) atoms. The van der Waals surface area contributed by atoms with Gasteiger partial charge < -0.3 is 19.5 Å². The number of ether oxygens (including phenoxy) is 1. The third-order valence-electron chi connectivity index (χ3n) is 5.25. The van der Waals surface area contributed by atoms with E-state index in [0.717, 1.165) is 23.3 Å². The van der Waals surface area contributed by atoms with E-state index >= 15 is 0 Å². The number of carbonyl (C=O) groups excluding carboxylic acids is 1. The number of likely N-dealkylation sites (tertiary alicyclic amines) is 1. The van der Waals surface area contributed by atoms with E-state index in [1.54, 1.807) is 17.0 Å². The lowest BCUT2D eigenvalue weighted by Gasteiger charge is -2.16. The van der Waals surface area contributed by atoms with Crippen LogP contribution < -0.4 is 10.1 Å². The third-order valence-corrected chi connectivity index (χ3v) is 5.25. The van der Waals surface area contributed by atoms with Crippen LogP contribution >= 0.6 is 0 Å². The van der Waals surface area contributed by atoms with Crippen LogP contribution in [0, 0.1) is 12.7 Å². The molecule has 1 saturated heterocycles. The summed E-state index contributed by atoms with van der Waals surface area (Å²) in [6.07, 6.45) is 1.32. The van der Waals surface area contributed by atoms with Crippen molar-refractivity contribution in [3.8, 4) is 5.75 Å². The van der Waals surface area contributed by atoms with Crippen molar-refractivity contribution in [1.82, 2.24) is 20.4 Å². The highest BCUT2D eigenvalue weighted by molar-refractivity contribution is 5.74. The van der Waals surface area contributed by atoms with Gasteiger partial charge in [-0.15, -0.1) is 0 Å². The second-order valence-corrected chi connectivity index (χ2v) is 7.68. The Morgan fingerprint density at radius 3 is 2.94 bits per heavy atom. The number of hydrogen-bond donors (Lipinski definition) is 1. The van der Waals surface area contributed by atoms with Gasteiger partial charge in [0.15, 0.2) is 5.82 Å². The zero-order valence-electron chi connectivity index (χ0n) is 17.4. The quantitative estimate of drug-likeness (QED) is 0.623. The summed E-state index contributed by atoms with van der Waals surface area (Å²) < 4.78 is 24.1. The second kappa shape index (κ2) is 9.59. The minimum absolute atomic E-state index is 0.0236. The molecule has 1 atom stereocenters. The fourth-order valence-corrected chi connectivity index (χ4v) is 3.54. The summed E-state index contributed by atoms with van der Waals surface area (Å²) >= 11 is 0. The van der Waals surface area contributed by atoms with Gasteiger partial charge in [0.2, 0.25) is 5.89 Å². The Bertz CT molecular complexity index is 1020. The van der Waals surface area contributed by atoms with Gasteiger partial charge >= 0.3 is 6.03 Å². The van der Waals surface area contributed by atoms with Gasteiger partial charge in [-0.2, -0.15) is 4.98 Å². The summed E-state index contributed by atoms with van der Waals surface area (Å²) in [5.74, 6) is 1.71. The Balaban J connectivity index is 1.23. The monoisotopic (exact) mass is 424 g/mol. The molecule has 0 aliphatic carbocycles. The highest BCUT2D eigenvalue weighted by Gasteiger charge is 2.31. The molecule has 1 aromatic heterocycles. The first-order chi connectivity index (χ1) is 15.1. The van der Waals surface area contributed by atoms with E-state index in [4.69, 9.17) is 9.26 Å². The van der Waals surface area contributed by atoms with Gasteiger partial charge in [0.25, 0.3) is 0 Å². The molecule has 1 N–H and O–H groups in total. The Morgan fingerprint density at radius 1 is 1.29 bits per heavy atom. The highest BCUT2D eigenvalue weighted by atomic mass is 19.1. The van der Waals surface area contributed by atoms with Crippen molar-refractivity contribution >= 4 is 6.03 Å². The average molecular weight is 424 g/mol. The fraction of sp³-hybridized carbons (Fsp3) is 0.348. The predicted octanol–water partition coefficient (Wildman–Crippen LogP) is 3.84. The first kappa shape index (κ1) is 20.8. The summed E-state index contributed by atoms with van der Waals surface area (Å²) in [5, 5.41) is 6.91. The highest BCUT2D eigenvalue weighted by Crippen LogP contribution is 2.26. The molecule has 0 radical (unpaired) electrons. The van der Waals surface area contributed by atoms with Crippen LogP contribution in [-0.2, 0) is 13.0 Å². The maximum absolute atomic E-state index is 13.0. The summed E-state index contributed by atoms with van der Waals surface area (Å²) in [7, 11) is 0. The molecule has 0 bridgehead atoms. The molecule has 0 spiro atoms. The number of nitrogens with zero attached hydrogens (tertiary/aromatic N) is 3. The Kier molecular flexibility index (Phi) is 6.45. The maximum atomic E-state index is 13.0. The molecule has 162 valence electrons. The number of aromatic nitrogens is 2. The smallest absolute Gasteiger partial charge is 0.317 e. The summed E-state index contributed by atoms with van der Waals surface area (Å²) in [5.41, 5.74) is 1.99. The number of benzene rings is 2. The topological polar surface area (TPSA) is 80.5 Å². The first-order valence-corrected chi connectivity index (χ1v) is 10.4. The van der Waals surface area contributed by atoms with Crippen molar-refractivity contribution in [2.45, 2.75) is 32.2 Å². The largest absolute Gasteiger partial charge is 0.493 e. The molecule has 0 saturated carbocycles. The second-order valence-electron chi connectivity index (χ2n) is 7.68. The zero-order chi connectivity index (χ0) is 21.6. The fourth-order valence-electron chi connectivity index (χ4n) is 3.54. The normalized spacial score (nSPS) is 15.8. The number of urea groups is 1. The number of halogens is 1. The molecular weight excluding hydrogens is 399 g/mol. The Morgan fingerprint density at radius 2 is 2.13 bits per heavy atom. The number of carbonyl (C=O) groups is 1. The van der Waals surface area contributed by atoms with Crippen LogP contribution in [0.25, 0.3) is 0 Å². The van der Waals surface area contributed by atoms with Gasteiger partial charge in [0.1, 0.15) is 11.6 Å². The van der Waals surface area contributed by atoms with Crippen LogP contribution in [-0.4, -0.2) is 40.8 Å². The molecule has 4 rings (SSSR count). The van der Waals surface area contributed by atoms with Crippen molar-refractivity contribution in [3.05, 3.63) is 77.2 Å². The van der Waals surface area contributed by atoms with Crippen LogP contribution in [0.4, 0.5) is 9.18 Å². The summed E-state index contributed by atoms with van der Waals surface area (Å²) in [6.45, 7) is 3.98. The minimum Gasteiger partial charge on any atom is -0.493 e. The number of nitrogens with one attached hydrogen (secondary N) is 1. The molecule has 2 aromatic carbocycles. The number of hydrogen-bond acceptors (Lipinski definition) is 5. The summed E-state index contributed by atoms with van der Waals surface area (Å²) in [6, 6.07) is 13.8. The van der Waals surface area contributed by atoms with Crippen molar-refractivity contribution in [3.63, 3.8) is 0 Å². The zero-order valence-corrected chi connectivity index (χ0v) is 17.4. The molecule has 3 aromatic rings.